The van der Waals surface area contributed by atoms with Crippen molar-refractivity contribution in [3.8, 4) is 0 Å². The van der Waals surface area contributed by atoms with Gasteiger partial charge < -0.3 is 8.91 Å². The van der Waals surface area contributed by atoms with Crippen LogP contribution in [0.25, 0.3) is 0 Å². The average Bonchev–Trinajstić information content (AvgIpc) is 2.74. The molecule has 2 nitrogen and oxygen atoms in total. The molecule has 0 aromatic heterocycles. The summed E-state index contributed by atoms with van der Waals surface area (Å²) in [5, 5.41) is 0. The molecule has 176 valence electrons. The van der Waals surface area contributed by atoms with E-state index in [4.69, 9.17) is 0 Å². The fourth-order valence-electron chi connectivity index (χ4n) is 3.89. The van der Waals surface area contributed by atoms with E-state index in [1.165, 1.54) is 102 Å². The highest BCUT2D eigenvalue weighted by Gasteiger charge is 2.14. The molecule has 1 aromatic carbocycles. The first-order valence-corrected chi connectivity index (χ1v) is 13.7. The topological polar surface area (TPSA) is 9.23 Å². The van der Waals surface area contributed by atoms with Crippen LogP contribution < -0.4 is 0 Å². The van der Waals surface area contributed by atoms with E-state index in [-0.39, 0.29) is 0 Å². The largest absolute Gasteiger partial charge is 0.428 e. The van der Waals surface area contributed by atoms with E-state index < -0.39 is 0 Å². The summed E-state index contributed by atoms with van der Waals surface area (Å²) in [4.78, 5) is 0. The molecule has 0 unspecified atom stereocenters. The quantitative estimate of drug-likeness (QED) is 0.136. The van der Waals surface area contributed by atoms with Crippen LogP contribution in [0, 0.1) is 0 Å². The summed E-state index contributed by atoms with van der Waals surface area (Å²) in [6, 6.07) is 10.9. The predicted molar refractivity (Wildman–Crippen MR) is 139 cm³/mol. The van der Waals surface area contributed by atoms with Crippen molar-refractivity contribution in [2.75, 3.05) is 27.2 Å². The molecule has 0 spiro atoms. The number of hydrogen-bond donors (Lipinski definition) is 0. The van der Waals surface area contributed by atoms with Crippen molar-refractivity contribution in [1.29, 1.82) is 0 Å². The molecule has 0 amide bonds. The molecule has 0 saturated heterocycles. The Morgan fingerprint density at radius 2 is 1.07 bits per heavy atom. The third-order valence-corrected chi connectivity index (χ3v) is 6.44. The predicted octanol–water partition coefficient (Wildman–Crippen LogP) is 7.05. The monoisotopic (exact) mass is 436 g/mol. The second-order valence-electron chi connectivity index (χ2n) is 9.48. The van der Waals surface area contributed by atoms with Crippen LogP contribution in [0.3, 0.4) is 0 Å². The molecule has 1 rings (SSSR count). The molecule has 0 saturated carbocycles. The first-order chi connectivity index (χ1) is 14.6. The van der Waals surface area contributed by atoms with Crippen LogP contribution in [0.2, 0.25) is 0 Å². The highest BCUT2D eigenvalue weighted by Crippen LogP contribution is 2.14. The zero-order valence-electron chi connectivity index (χ0n) is 21.3. The Bertz CT molecular complexity index is 447. The summed E-state index contributed by atoms with van der Waals surface area (Å²) in [5.41, 5.74) is 1.46. The third-order valence-electron chi connectivity index (χ3n) is 5.86. The fourth-order valence-corrected chi connectivity index (χ4v) is 3.89. The zero-order valence-corrected chi connectivity index (χ0v) is 23.3. The molecule has 1 aromatic rings. The highest BCUT2D eigenvalue weighted by molar-refractivity contribution is 5.97. The van der Waals surface area contributed by atoms with E-state index >= 15 is 0 Å². The molecule has 30 heavy (non-hydrogen) atoms. The molecule has 0 N–H and O–H groups in total. The van der Waals surface area contributed by atoms with Gasteiger partial charge >= 0.3 is 0 Å². The van der Waals surface area contributed by atoms with Crippen molar-refractivity contribution < 1.29 is 8.91 Å². The lowest BCUT2D eigenvalue weighted by molar-refractivity contribution is -0.903. The normalized spacial score (nSPS) is 11.3. The highest BCUT2D eigenvalue weighted by atomic mass is 28.2. The number of benzene rings is 1. The first-order valence-electron chi connectivity index (χ1n) is 12.9. The Morgan fingerprint density at radius 1 is 0.667 bits per heavy atom. The summed E-state index contributed by atoms with van der Waals surface area (Å²) in [6.07, 6.45) is 20.2. The van der Waals surface area contributed by atoms with Gasteiger partial charge in [-0.05, 0) is 19.8 Å². The van der Waals surface area contributed by atoms with Gasteiger partial charge in [0.15, 0.2) is 0 Å². The van der Waals surface area contributed by atoms with Gasteiger partial charge in [-0.2, -0.15) is 0 Å². The van der Waals surface area contributed by atoms with Gasteiger partial charge in [-0.3, -0.25) is 0 Å². The SMILES string of the molecule is CCCCCCCCCCCCCCCC[N+](C)(C)Cc1ccccc1.CCO[SiH3]. The lowest BCUT2D eigenvalue weighted by atomic mass is 10.0. The van der Waals surface area contributed by atoms with Crippen LogP contribution in [0.4, 0.5) is 0 Å². The number of hydrogen-bond acceptors (Lipinski definition) is 1. The molecular formula is C27H54NOSi+. The molecule has 0 bridgehead atoms. The fraction of sp³-hybridized carbons (Fsp3) is 0.778. The zero-order chi connectivity index (χ0) is 22.3. The summed E-state index contributed by atoms with van der Waals surface area (Å²) in [5.74, 6) is 0. The molecule has 0 fully saturated rings. The van der Waals surface area contributed by atoms with Gasteiger partial charge in [-0.25, -0.2) is 0 Å². The molecular weight excluding hydrogens is 382 g/mol. The van der Waals surface area contributed by atoms with Crippen molar-refractivity contribution in [3.63, 3.8) is 0 Å². The van der Waals surface area contributed by atoms with E-state index in [1.54, 1.807) is 0 Å². The second kappa shape index (κ2) is 21.6. The van der Waals surface area contributed by atoms with Crippen LogP contribution in [-0.2, 0) is 11.0 Å². The van der Waals surface area contributed by atoms with Gasteiger partial charge in [0.25, 0.3) is 0 Å². The number of unbranched alkanes of at least 4 members (excludes halogenated alkanes) is 13. The molecule has 0 aliphatic rings. The van der Waals surface area contributed by atoms with Gasteiger partial charge in [0.2, 0.25) is 0 Å². The molecule has 0 aliphatic heterocycles. The van der Waals surface area contributed by atoms with Crippen molar-refractivity contribution in [2.45, 2.75) is 110 Å². The Kier molecular flexibility index (Phi) is 21.1. The first kappa shape index (κ1) is 29.4. The number of nitrogens with zero attached hydrogens (tertiary/aromatic N) is 1. The van der Waals surface area contributed by atoms with E-state index in [2.05, 4.69) is 55.8 Å². The van der Waals surface area contributed by atoms with E-state index in [0.29, 0.717) is 0 Å². The molecule has 0 heterocycles. The molecule has 0 radical (unpaired) electrons. The van der Waals surface area contributed by atoms with Crippen LogP contribution in [0.1, 0.15) is 109 Å². The van der Waals surface area contributed by atoms with Gasteiger partial charge in [0, 0.05) is 12.2 Å². The molecule has 0 atom stereocenters. The maximum atomic E-state index is 4.68. The Labute approximate surface area is 192 Å². The Morgan fingerprint density at radius 3 is 1.47 bits per heavy atom. The maximum absolute atomic E-state index is 4.68. The third kappa shape index (κ3) is 20.6. The lowest BCUT2D eigenvalue weighted by Crippen LogP contribution is -2.39. The summed E-state index contributed by atoms with van der Waals surface area (Å²) < 4.78 is 5.79. The van der Waals surface area contributed by atoms with Crippen molar-refractivity contribution in [3.05, 3.63) is 35.9 Å². The van der Waals surface area contributed by atoms with Crippen molar-refractivity contribution >= 4 is 10.5 Å². The van der Waals surface area contributed by atoms with E-state index in [9.17, 15) is 0 Å². The van der Waals surface area contributed by atoms with Gasteiger partial charge in [0.1, 0.15) is 17.0 Å². The van der Waals surface area contributed by atoms with Crippen molar-refractivity contribution in [1.82, 2.24) is 0 Å². The number of quaternary nitrogens is 1. The smallest absolute Gasteiger partial charge is 0.145 e. The van der Waals surface area contributed by atoms with E-state index in [1.807, 2.05) is 6.92 Å². The van der Waals surface area contributed by atoms with Gasteiger partial charge in [-0.1, -0.05) is 114 Å². The minimum Gasteiger partial charge on any atom is -0.428 e. The van der Waals surface area contributed by atoms with Gasteiger partial charge in [0.05, 0.1) is 20.6 Å². The van der Waals surface area contributed by atoms with Crippen LogP contribution in [0.5, 0.6) is 0 Å². The van der Waals surface area contributed by atoms with Crippen molar-refractivity contribution in [2.24, 2.45) is 0 Å². The molecule has 0 aliphatic carbocycles. The minimum absolute atomic E-state index is 0.881. The summed E-state index contributed by atoms with van der Waals surface area (Å²) in [7, 11) is 5.63. The Hall–Kier alpha value is -0.643. The van der Waals surface area contributed by atoms with Gasteiger partial charge in [-0.15, -0.1) is 0 Å². The molecule has 3 heteroatoms. The number of rotatable bonds is 18. The lowest BCUT2D eigenvalue weighted by Gasteiger charge is -2.30. The van der Waals surface area contributed by atoms with E-state index in [0.717, 1.165) is 28.1 Å². The standard InChI is InChI=1S/C25H46N.C2H8OSi/c1-4-5-6-7-8-9-10-11-12-13-14-15-16-20-23-26(2,3)24-25-21-18-17-19-22-25;1-2-3-4/h17-19,21-22H,4-16,20,23-24H2,1-3H3;2H2,1,4H3/q+1;. The van der Waals surface area contributed by atoms with Crippen LogP contribution in [-0.4, -0.2) is 42.2 Å². The average molecular weight is 437 g/mol. The van der Waals surface area contributed by atoms with Crippen LogP contribution in [0.15, 0.2) is 30.3 Å². The maximum Gasteiger partial charge on any atom is 0.145 e. The Balaban J connectivity index is 0.00000192. The second-order valence-corrected chi connectivity index (χ2v) is 10.1. The van der Waals surface area contributed by atoms with Crippen LogP contribution >= 0.6 is 0 Å². The summed E-state index contributed by atoms with van der Waals surface area (Å²) in [6.45, 7) is 7.62. The summed E-state index contributed by atoms with van der Waals surface area (Å²) >= 11 is 0. The minimum atomic E-state index is 0.881.